The van der Waals surface area contributed by atoms with Gasteiger partial charge in [-0.2, -0.15) is 0 Å². The Morgan fingerprint density at radius 3 is 2.79 bits per heavy atom. The zero-order valence-corrected chi connectivity index (χ0v) is 13.6. The normalized spacial score (nSPS) is 15.7. The zero-order chi connectivity index (χ0) is 17.1. The molecule has 0 atom stereocenters. The molecule has 24 heavy (non-hydrogen) atoms. The maximum Gasteiger partial charge on any atom is 0.223 e. The Morgan fingerprint density at radius 2 is 2.08 bits per heavy atom. The van der Waals surface area contributed by atoms with Crippen molar-refractivity contribution in [2.75, 3.05) is 13.1 Å². The van der Waals surface area contributed by atoms with Gasteiger partial charge in [0.05, 0.1) is 11.8 Å². The van der Waals surface area contributed by atoms with E-state index >= 15 is 0 Å². The molecule has 1 aliphatic rings. The van der Waals surface area contributed by atoms with Crippen LogP contribution in [0.4, 0.5) is 8.78 Å². The van der Waals surface area contributed by atoms with Gasteiger partial charge in [-0.15, -0.1) is 0 Å². The molecule has 4 nitrogen and oxygen atoms in total. The number of piperidine rings is 1. The highest BCUT2D eigenvalue weighted by molar-refractivity contribution is 5.76. The first kappa shape index (κ1) is 16.6. The number of benzene rings is 1. The SMILES string of the molecule is CC1CCN(C(=O)CCc2ncc(-c3ccc(F)cc3F)o2)CC1. The van der Waals surface area contributed by atoms with E-state index in [0.717, 1.165) is 32.0 Å². The summed E-state index contributed by atoms with van der Waals surface area (Å²) in [7, 11) is 0. The summed E-state index contributed by atoms with van der Waals surface area (Å²) < 4.78 is 32.2. The highest BCUT2D eigenvalue weighted by atomic mass is 19.1. The summed E-state index contributed by atoms with van der Waals surface area (Å²) in [4.78, 5) is 18.2. The van der Waals surface area contributed by atoms with Crippen LogP contribution in [0.15, 0.2) is 28.8 Å². The van der Waals surface area contributed by atoms with E-state index in [-0.39, 0.29) is 17.2 Å². The van der Waals surface area contributed by atoms with E-state index in [1.807, 2.05) is 4.90 Å². The van der Waals surface area contributed by atoms with E-state index < -0.39 is 11.6 Å². The van der Waals surface area contributed by atoms with Gasteiger partial charge in [0, 0.05) is 32.0 Å². The number of carbonyl (C=O) groups is 1. The number of nitrogens with zero attached hydrogens (tertiary/aromatic N) is 2. The van der Waals surface area contributed by atoms with Crippen LogP contribution in [0.2, 0.25) is 0 Å². The maximum absolute atomic E-state index is 13.7. The van der Waals surface area contributed by atoms with Gasteiger partial charge in [-0.3, -0.25) is 4.79 Å². The molecule has 6 heteroatoms. The number of rotatable bonds is 4. The minimum atomic E-state index is -0.698. The average Bonchev–Trinajstić information content (AvgIpc) is 3.02. The largest absolute Gasteiger partial charge is 0.441 e. The van der Waals surface area contributed by atoms with Gasteiger partial charge in [-0.25, -0.2) is 13.8 Å². The number of aryl methyl sites for hydroxylation is 1. The van der Waals surface area contributed by atoms with Crippen molar-refractivity contribution < 1.29 is 18.0 Å². The molecule has 0 bridgehead atoms. The molecule has 0 saturated carbocycles. The Morgan fingerprint density at radius 1 is 1.33 bits per heavy atom. The summed E-state index contributed by atoms with van der Waals surface area (Å²) in [6, 6.07) is 3.29. The minimum absolute atomic E-state index is 0.0922. The fourth-order valence-corrected chi connectivity index (χ4v) is 2.87. The summed E-state index contributed by atoms with van der Waals surface area (Å²) in [5.41, 5.74) is 0.159. The molecule has 1 aromatic heterocycles. The first-order valence-electron chi connectivity index (χ1n) is 8.21. The molecule has 1 saturated heterocycles. The first-order valence-corrected chi connectivity index (χ1v) is 8.21. The molecule has 128 valence electrons. The molecule has 0 radical (unpaired) electrons. The second-order valence-corrected chi connectivity index (χ2v) is 6.31. The van der Waals surface area contributed by atoms with Crippen LogP contribution in [0.25, 0.3) is 11.3 Å². The number of aromatic nitrogens is 1. The third-order valence-corrected chi connectivity index (χ3v) is 4.44. The number of carbonyl (C=O) groups excluding carboxylic acids is 1. The van der Waals surface area contributed by atoms with E-state index in [0.29, 0.717) is 24.7 Å². The number of hydrogen-bond donors (Lipinski definition) is 0. The van der Waals surface area contributed by atoms with Gasteiger partial charge in [-0.1, -0.05) is 6.92 Å². The van der Waals surface area contributed by atoms with Gasteiger partial charge in [0.15, 0.2) is 11.7 Å². The number of amides is 1. The van der Waals surface area contributed by atoms with Crippen molar-refractivity contribution in [1.82, 2.24) is 9.88 Å². The maximum atomic E-state index is 13.7. The summed E-state index contributed by atoms with van der Waals surface area (Å²) in [5, 5.41) is 0. The number of oxazole rings is 1. The van der Waals surface area contributed by atoms with Gasteiger partial charge in [-0.05, 0) is 30.9 Å². The predicted molar refractivity (Wildman–Crippen MR) is 85.2 cm³/mol. The number of hydrogen-bond acceptors (Lipinski definition) is 3. The van der Waals surface area contributed by atoms with Gasteiger partial charge in [0.2, 0.25) is 5.91 Å². The number of halogens is 2. The molecule has 2 aromatic rings. The molecule has 0 spiro atoms. The van der Waals surface area contributed by atoms with Gasteiger partial charge >= 0.3 is 0 Å². The van der Waals surface area contributed by atoms with Crippen molar-refractivity contribution in [2.45, 2.75) is 32.6 Å². The Bertz CT molecular complexity index is 722. The van der Waals surface area contributed by atoms with Crippen LogP contribution < -0.4 is 0 Å². The van der Waals surface area contributed by atoms with Crippen LogP contribution in [0.3, 0.4) is 0 Å². The molecule has 1 amide bonds. The van der Waals surface area contributed by atoms with Crippen LogP contribution in [0.1, 0.15) is 32.1 Å². The van der Waals surface area contributed by atoms with E-state index in [1.165, 1.54) is 18.3 Å². The van der Waals surface area contributed by atoms with E-state index in [2.05, 4.69) is 11.9 Å². The highest BCUT2D eigenvalue weighted by Crippen LogP contribution is 2.25. The Kier molecular flexibility index (Phi) is 4.92. The second kappa shape index (κ2) is 7.11. The highest BCUT2D eigenvalue weighted by Gasteiger charge is 2.20. The minimum Gasteiger partial charge on any atom is -0.441 e. The summed E-state index contributed by atoms with van der Waals surface area (Å²) in [6.45, 7) is 3.81. The zero-order valence-electron chi connectivity index (χ0n) is 13.6. The van der Waals surface area contributed by atoms with Crippen molar-refractivity contribution in [3.63, 3.8) is 0 Å². The lowest BCUT2D eigenvalue weighted by molar-refractivity contribution is -0.132. The predicted octanol–water partition coefficient (Wildman–Crippen LogP) is 3.81. The molecular formula is C18H20F2N2O2. The molecule has 0 unspecified atom stereocenters. The van der Waals surface area contributed by atoms with Crippen LogP contribution in [-0.4, -0.2) is 28.9 Å². The van der Waals surface area contributed by atoms with Crippen molar-refractivity contribution >= 4 is 5.91 Å². The lowest BCUT2D eigenvalue weighted by atomic mass is 9.99. The summed E-state index contributed by atoms with van der Waals surface area (Å²) in [6.07, 6.45) is 4.17. The van der Waals surface area contributed by atoms with E-state index in [4.69, 9.17) is 4.42 Å². The van der Waals surface area contributed by atoms with Crippen LogP contribution >= 0.6 is 0 Å². The monoisotopic (exact) mass is 334 g/mol. The van der Waals surface area contributed by atoms with Gasteiger partial charge < -0.3 is 9.32 Å². The number of likely N-dealkylation sites (tertiary alicyclic amines) is 1. The summed E-state index contributed by atoms with van der Waals surface area (Å²) >= 11 is 0. The molecule has 3 rings (SSSR count). The standard InChI is InChI=1S/C18H20F2N2O2/c1-12-6-8-22(9-7-12)18(23)5-4-17-21-11-16(24-17)14-3-2-13(19)10-15(14)20/h2-3,10-12H,4-9H2,1H3. The Labute approximate surface area is 139 Å². The lowest BCUT2D eigenvalue weighted by Crippen LogP contribution is -2.38. The first-order chi connectivity index (χ1) is 11.5. The van der Waals surface area contributed by atoms with Crippen molar-refractivity contribution in [3.05, 3.63) is 41.9 Å². The van der Waals surface area contributed by atoms with Crippen LogP contribution in [0.5, 0.6) is 0 Å². The average molecular weight is 334 g/mol. The van der Waals surface area contributed by atoms with Crippen LogP contribution in [0, 0.1) is 17.6 Å². The summed E-state index contributed by atoms with van der Waals surface area (Å²) in [5.74, 6) is 0.0476. The fourth-order valence-electron chi connectivity index (χ4n) is 2.87. The van der Waals surface area contributed by atoms with Crippen LogP contribution in [-0.2, 0) is 11.2 Å². The molecular weight excluding hydrogens is 314 g/mol. The molecule has 0 N–H and O–H groups in total. The van der Waals surface area contributed by atoms with E-state index in [1.54, 1.807) is 0 Å². The van der Waals surface area contributed by atoms with Crippen molar-refractivity contribution in [2.24, 2.45) is 5.92 Å². The topological polar surface area (TPSA) is 46.3 Å². The molecule has 1 fully saturated rings. The van der Waals surface area contributed by atoms with Crippen molar-refractivity contribution in [1.29, 1.82) is 0 Å². The molecule has 1 aromatic carbocycles. The Balaban J connectivity index is 1.59. The lowest BCUT2D eigenvalue weighted by Gasteiger charge is -2.30. The quantitative estimate of drug-likeness (QED) is 0.854. The second-order valence-electron chi connectivity index (χ2n) is 6.31. The molecule has 0 aliphatic carbocycles. The fraction of sp³-hybridized carbons (Fsp3) is 0.444. The Hall–Kier alpha value is -2.24. The van der Waals surface area contributed by atoms with Crippen molar-refractivity contribution in [3.8, 4) is 11.3 Å². The molecule has 1 aliphatic heterocycles. The van der Waals surface area contributed by atoms with E-state index in [9.17, 15) is 13.6 Å². The van der Waals surface area contributed by atoms with Gasteiger partial charge in [0.25, 0.3) is 0 Å². The van der Waals surface area contributed by atoms with Gasteiger partial charge in [0.1, 0.15) is 11.6 Å². The third kappa shape index (κ3) is 3.80. The molecule has 2 heterocycles. The third-order valence-electron chi connectivity index (χ3n) is 4.44. The smallest absolute Gasteiger partial charge is 0.223 e.